The Labute approximate surface area is 123 Å². The first kappa shape index (κ1) is 15.8. The smallest absolute Gasteiger partial charge is 0.221 e. The van der Waals surface area contributed by atoms with Crippen LogP contribution in [0.5, 0.6) is 0 Å². The van der Waals surface area contributed by atoms with Crippen molar-refractivity contribution in [2.24, 2.45) is 11.7 Å². The van der Waals surface area contributed by atoms with Gasteiger partial charge in [-0.1, -0.05) is 12.8 Å². The molecule has 1 saturated heterocycles. The second-order valence-electron chi connectivity index (χ2n) is 6.81. The molecule has 1 aliphatic heterocycles. The van der Waals surface area contributed by atoms with Gasteiger partial charge >= 0.3 is 0 Å². The minimum absolute atomic E-state index is 0.147. The molecule has 0 spiro atoms. The fraction of sp³-hybridized carbons (Fsp3) is 0.938. The van der Waals surface area contributed by atoms with E-state index in [4.69, 9.17) is 5.73 Å². The summed E-state index contributed by atoms with van der Waals surface area (Å²) in [5, 5.41) is 3.00. The highest BCUT2D eigenvalue weighted by Gasteiger charge is 2.36. The molecule has 3 unspecified atom stereocenters. The largest absolute Gasteiger partial charge is 0.354 e. The molecule has 0 bridgehead atoms. The van der Waals surface area contributed by atoms with Crippen LogP contribution in [0.3, 0.4) is 0 Å². The van der Waals surface area contributed by atoms with Crippen LogP contribution in [-0.2, 0) is 4.79 Å². The quantitative estimate of drug-likeness (QED) is 0.809. The van der Waals surface area contributed by atoms with Gasteiger partial charge in [0.1, 0.15) is 0 Å². The summed E-state index contributed by atoms with van der Waals surface area (Å²) in [5.74, 6) is 0.994. The number of likely N-dealkylation sites (tertiary alicyclic amines) is 1. The van der Waals surface area contributed by atoms with Crippen molar-refractivity contribution >= 4 is 5.91 Å². The number of nitrogens with zero attached hydrogens (tertiary/aromatic N) is 1. The predicted molar refractivity (Wildman–Crippen MR) is 82.4 cm³/mol. The van der Waals surface area contributed by atoms with Crippen LogP contribution in [0.4, 0.5) is 0 Å². The van der Waals surface area contributed by atoms with Gasteiger partial charge < -0.3 is 11.1 Å². The van der Waals surface area contributed by atoms with E-state index in [1.54, 1.807) is 0 Å². The lowest BCUT2D eigenvalue weighted by Gasteiger charge is -2.47. The summed E-state index contributed by atoms with van der Waals surface area (Å²) in [6.07, 6.45) is 8.59. The standard InChI is InChI=1S/C16H31N3O/c1-12(2)18-16(20)10-14(11-17)19-9-5-7-13-6-3-4-8-15(13)19/h12-15H,3-11,17H2,1-2H3,(H,18,20). The second kappa shape index (κ2) is 7.41. The van der Waals surface area contributed by atoms with E-state index < -0.39 is 0 Å². The van der Waals surface area contributed by atoms with Gasteiger partial charge in [0, 0.05) is 31.1 Å². The summed E-state index contributed by atoms with van der Waals surface area (Å²) in [5.41, 5.74) is 5.98. The number of carbonyl (C=O) groups excluding carboxylic acids is 1. The number of nitrogens with one attached hydrogen (secondary N) is 1. The van der Waals surface area contributed by atoms with Gasteiger partial charge in [-0.25, -0.2) is 0 Å². The number of fused-ring (bicyclic) bond motifs is 1. The van der Waals surface area contributed by atoms with Gasteiger partial charge in [0.2, 0.25) is 5.91 Å². The average molecular weight is 281 g/mol. The minimum atomic E-state index is 0.147. The van der Waals surface area contributed by atoms with Crippen molar-refractivity contribution < 1.29 is 4.79 Å². The first-order valence-electron chi connectivity index (χ1n) is 8.37. The van der Waals surface area contributed by atoms with Crippen LogP contribution in [0.2, 0.25) is 0 Å². The maximum absolute atomic E-state index is 12.0. The molecule has 2 rings (SSSR count). The zero-order valence-corrected chi connectivity index (χ0v) is 13.1. The Morgan fingerprint density at radius 2 is 1.95 bits per heavy atom. The molecule has 3 atom stereocenters. The average Bonchev–Trinajstić information content (AvgIpc) is 2.43. The molecular formula is C16H31N3O. The molecule has 0 aromatic heterocycles. The van der Waals surface area contributed by atoms with Crippen molar-refractivity contribution in [3.8, 4) is 0 Å². The van der Waals surface area contributed by atoms with Crippen molar-refractivity contribution in [2.75, 3.05) is 13.1 Å². The predicted octanol–water partition coefficient (Wildman–Crippen LogP) is 1.88. The van der Waals surface area contributed by atoms with Gasteiger partial charge in [-0.15, -0.1) is 0 Å². The Morgan fingerprint density at radius 3 is 2.65 bits per heavy atom. The Bertz CT molecular complexity index is 317. The highest BCUT2D eigenvalue weighted by molar-refractivity contribution is 5.76. The Hall–Kier alpha value is -0.610. The molecule has 1 heterocycles. The van der Waals surface area contributed by atoms with Gasteiger partial charge in [0.25, 0.3) is 0 Å². The molecule has 2 fully saturated rings. The fourth-order valence-electron chi connectivity index (χ4n) is 4.05. The number of piperidine rings is 1. The van der Waals surface area contributed by atoms with Crippen LogP contribution in [0.25, 0.3) is 0 Å². The molecule has 2 aliphatic rings. The lowest BCUT2D eigenvalue weighted by molar-refractivity contribution is -0.123. The summed E-state index contributed by atoms with van der Waals surface area (Å²) in [6, 6.07) is 1.11. The first-order chi connectivity index (χ1) is 9.61. The van der Waals surface area contributed by atoms with E-state index in [2.05, 4.69) is 10.2 Å². The highest BCUT2D eigenvalue weighted by atomic mass is 16.1. The maximum Gasteiger partial charge on any atom is 0.221 e. The van der Waals surface area contributed by atoms with Gasteiger partial charge in [-0.2, -0.15) is 0 Å². The number of nitrogens with two attached hydrogens (primary N) is 1. The van der Waals surface area contributed by atoms with Crippen LogP contribution in [0.15, 0.2) is 0 Å². The number of carbonyl (C=O) groups is 1. The molecule has 1 saturated carbocycles. The number of hydrogen-bond acceptors (Lipinski definition) is 3. The molecule has 116 valence electrons. The van der Waals surface area contributed by atoms with Crippen molar-refractivity contribution in [3.05, 3.63) is 0 Å². The SMILES string of the molecule is CC(C)NC(=O)CC(CN)N1CCCC2CCCCC21. The number of hydrogen-bond donors (Lipinski definition) is 2. The van der Waals surface area contributed by atoms with Gasteiger partial charge in [-0.3, -0.25) is 9.69 Å². The van der Waals surface area contributed by atoms with E-state index in [9.17, 15) is 4.79 Å². The number of amides is 1. The zero-order chi connectivity index (χ0) is 14.5. The topological polar surface area (TPSA) is 58.4 Å². The molecule has 4 nitrogen and oxygen atoms in total. The molecule has 20 heavy (non-hydrogen) atoms. The molecule has 3 N–H and O–H groups in total. The van der Waals surface area contributed by atoms with Gasteiger partial charge in [0.15, 0.2) is 0 Å². The summed E-state index contributed by atoms with van der Waals surface area (Å²) in [6.45, 7) is 5.73. The highest BCUT2D eigenvalue weighted by Crippen LogP contribution is 2.36. The molecule has 0 aromatic carbocycles. The Kier molecular flexibility index (Phi) is 5.85. The normalized spacial score (nSPS) is 29.0. The van der Waals surface area contributed by atoms with Crippen molar-refractivity contribution in [1.29, 1.82) is 0 Å². The molecule has 4 heteroatoms. The van der Waals surface area contributed by atoms with E-state index in [1.165, 1.54) is 38.5 Å². The third kappa shape index (κ3) is 3.95. The lowest BCUT2D eigenvalue weighted by atomic mass is 9.77. The molecule has 1 amide bonds. The van der Waals surface area contributed by atoms with Crippen LogP contribution in [0.1, 0.15) is 58.8 Å². The zero-order valence-electron chi connectivity index (χ0n) is 13.1. The minimum Gasteiger partial charge on any atom is -0.354 e. The van der Waals surface area contributed by atoms with E-state index in [0.717, 1.165) is 12.5 Å². The fourth-order valence-corrected chi connectivity index (χ4v) is 4.05. The monoisotopic (exact) mass is 281 g/mol. The van der Waals surface area contributed by atoms with Crippen LogP contribution in [0, 0.1) is 5.92 Å². The van der Waals surface area contributed by atoms with Crippen molar-refractivity contribution in [3.63, 3.8) is 0 Å². The molecular weight excluding hydrogens is 250 g/mol. The summed E-state index contributed by atoms with van der Waals surface area (Å²) >= 11 is 0. The third-order valence-corrected chi connectivity index (χ3v) is 4.90. The lowest BCUT2D eigenvalue weighted by Crippen LogP contribution is -2.55. The molecule has 1 aliphatic carbocycles. The van der Waals surface area contributed by atoms with Gasteiger partial charge in [0.05, 0.1) is 0 Å². The maximum atomic E-state index is 12.0. The first-order valence-corrected chi connectivity index (χ1v) is 8.37. The van der Waals surface area contributed by atoms with Gasteiger partial charge in [-0.05, 0) is 52.0 Å². The van der Waals surface area contributed by atoms with E-state index >= 15 is 0 Å². The van der Waals surface area contributed by atoms with Crippen molar-refractivity contribution in [1.82, 2.24) is 10.2 Å². The molecule has 0 aromatic rings. The van der Waals surface area contributed by atoms with Crippen molar-refractivity contribution in [2.45, 2.75) is 76.9 Å². The summed E-state index contributed by atoms with van der Waals surface area (Å²) in [4.78, 5) is 14.6. The second-order valence-corrected chi connectivity index (χ2v) is 6.81. The Balaban J connectivity index is 1.96. The Morgan fingerprint density at radius 1 is 1.25 bits per heavy atom. The summed E-state index contributed by atoms with van der Waals surface area (Å²) in [7, 11) is 0. The summed E-state index contributed by atoms with van der Waals surface area (Å²) < 4.78 is 0. The van der Waals surface area contributed by atoms with E-state index in [0.29, 0.717) is 19.0 Å². The number of rotatable bonds is 5. The third-order valence-electron chi connectivity index (χ3n) is 4.90. The van der Waals surface area contributed by atoms with Crippen LogP contribution in [-0.4, -0.2) is 42.0 Å². The van der Waals surface area contributed by atoms with E-state index in [1.807, 2.05) is 13.8 Å². The van der Waals surface area contributed by atoms with Crippen LogP contribution < -0.4 is 11.1 Å². The molecule has 0 radical (unpaired) electrons. The van der Waals surface area contributed by atoms with E-state index in [-0.39, 0.29) is 18.0 Å². The van der Waals surface area contributed by atoms with Crippen LogP contribution >= 0.6 is 0 Å².